The number of aryl methyl sites for hydroxylation is 1. The van der Waals surface area contributed by atoms with Crippen molar-refractivity contribution in [2.75, 3.05) is 0 Å². The quantitative estimate of drug-likeness (QED) is 0.446. The number of rotatable bonds is 6. The summed E-state index contributed by atoms with van der Waals surface area (Å²) in [5.74, 6) is 0.728. The summed E-state index contributed by atoms with van der Waals surface area (Å²) in [5, 5.41) is 0. The van der Waals surface area contributed by atoms with Crippen LogP contribution in [0.25, 0.3) is 11.1 Å². The Bertz CT molecular complexity index is 1130. The van der Waals surface area contributed by atoms with Crippen LogP contribution in [-0.4, -0.2) is 20.6 Å². The third-order valence-electron chi connectivity index (χ3n) is 5.66. The fourth-order valence-corrected chi connectivity index (χ4v) is 5.70. The zero-order chi connectivity index (χ0) is 21.8. The van der Waals surface area contributed by atoms with Crippen LogP contribution in [0.1, 0.15) is 31.2 Å². The van der Waals surface area contributed by atoms with Crippen LogP contribution in [0.15, 0.2) is 82.2 Å². The average Bonchev–Trinajstić information content (AvgIpc) is 2.77. The third kappa shape index (κ3) is 5.37. The minimum atomic E-state index is -3.60. The molecule has 3 aromatic carbocycles. The van der Waals surface area contributed by atoms with Crippen molar-refractivity contribution in [1.29, 1.82) is 0 Å². The molecule has 0 radical (unpaired) electrons. The van der Waals surface area contributed by atoms with Crippen LogP contribution in [-0.2, 0) is 10.0 Å². The van der Waals surface area contributed by atoms with E-state index < -0.39 is 10.0 Å². The summed E-state index contributed by atoms with van der Waals surface area (Å²) in [6.45, 7) is 1.94. The van der Waals surface area contributed by atoms with Gasteiger partial charge >= 0.3 is 0 Å². The van der Waals surface area contributed by atoms with E-state index in [2.05, 4.69) is 32.8 Å². The van der Waals surface area contributed by atoms with Crippen LogP contribution < -0.4 is 9.46 Å². The van der Waals surface area contributed by atoms with Gasteiger partial charge in [-0.15, -0.1) is 0 Å². The third-order valence-corrected chi connectivity index (χ3v) is 7.78. The molecule has 0 spiro atoms. The Morgan fingerprint density at radius 2 is 1.61 bits per heavy atom. The first-order valence-electron chi connectivity index (χ1n) is 10.5. The van der Waals surface area contributed by atoms with Gasteiger partial charge in [0, 0.05) is 0 Å². The molecule has 1 N–H and O–H groups in total. The Kier molecular flexibility index (Phi) is 6.80. The van der Waals surface area contributed by atoms with E-state index in [0.717, 1.165) is 52.6 Å². The Balaban J connectivity index is 1.51. The molecule has 4 nitrogen and oxygen atoms in total. The molecule has 4 rings (SSSR count). The molecule has 31 heavy (non-hydrogen) atoms. The van der Waals surface area contributed by atoms with E-state index in [0.29, 0.717) is 0 Å². The van der Waals surface area contributed by atoms with Crippen LogP contribution in [0.5, 0.6) is 5.75 Å². The lowest BCUT2D eigenvalue weighted by atomic mass is 9.93. The van der Waals surface area contributed by atoms with Crippen LogP contribution in [0.2, 0.25) is 0 Å². The van der Waals surface area contributed by atoms with Gasteiger partial charge in [-0.25, -0.2) is 13.1 Å². The predicted octanol–water partition coefficient (Wildman–Crippen LogP) is 6.09. The van der Waals surface area contributed by atoms with E-state index >= 15 is 0 Å². The lowest BCUT2D eigenvalue weighted by molar-refractivity contribution is 0.124. The molecule has 3 aromatic rings. The molecule has 0 bridgehead atoms. The molecule has 0 heterocycles. The molecule has 0 saturated heterocycles. The van der Waals surface area contributed by atoms with E-state index in [-0.39, 0.29) is 17.0 Å². The summed E-state index contributed by atoms with van der Waals surface area (Å²) < 4.78 is 35.9. The van der Waals surface area contributed by atoms with Gasteiger partial charge in [0.1, 0.15) is 11.9 Å². The maximum atomic E-state index is 12.9. The molecule has 1 aliphatic carbocycles. The molecule has 162 valence electrons. The molecule has 1 saturated carbocycles. The van der Waals surface area contributed by atoms with E-state index in [1.807, 2.05) is 55.5 Å². The Labute approximate surface area is 192 Å². The molecule has 1 aliphatic rings. The normalized spacial score (nSPS) is 19.2. The van der Waals surface area contributed by atoms with E-state index in [1.54, 1.807) is 12.1 Å². The number of hydrogen-bond donors (Lipinski definition) is 1. The van der Waals surface area contributed by atoms with Crippen molar-refractivity contribution in [2.24, 2.45) is 0 Å². The minimum Gasteiger partial charge on any atom is -0.488 e. The van der Waals surface area contributed by atoms with Gasteiger partial charge in [-0.05, 0) is 77.5 Å². The lowest BCUT2D eigenvalue weighted by Crippen LogP contribution is -2.47. The summed E-state index contributed by atoms with van der Waals surface area (Å²) in [4.78, 5) is 0.288. The molecule has 0 unspecified atom stereocenters. The van der Waals surface area contributed by atoms with E-state index in [4.69, 9.17) is 4.74 Å². The Morgan fingerprint density at radius 1 is 0.903 bits per heavy atom. The highest BCUT2D eigenvalue weighted by Crippen LogP contribution is 2.33. The fraction of sp³-hybridized carbons (Fsp3) is 0.280. The first-order valence-corrected chi connectivity index (χ1v) is 12.8. The maximum Gasteiger partial charge on any atom is 0.240 e. The number of halogens is 1. The summed E-state index contributed by atoms with van der Waals surface area (Å²) in [7, 11) is -3.60. The first-order chi connectivity index (χ1) is 14.9. The van der Waals surface area contributed by atoms with Crippen molar-refractivity contribution >= 4 is 26.0 Å². The van der Waals surface area contributed by atoms with Crippen molar-refractivity contribution < 1.29 is 13.2 Å². The molecule has 0 aromatic heterocycles. The summed E-state index contributed by atoms with van der Waals surface area (Å²) >= 11 is 3.63. The van der Waals surface area contributed by atoms with Crippen LogP contribution in [0, 0.1) is 6.92 Å². The lowest BCUT2D eigenvalue weighted by Gasteiger charge is -2.32. The molecule has 6 heteroatoms. The SMILES string of the molecule is Cc1ccc(S(=O)(=O)N[C@@H]2CCCC[C@H]2Oc2ccc(-c3ccccc3)cc2Br)cc1. The van der Waals surface area contributed by atoms with E-state index in [1.165, 1.54) is 0 Å². The van der Waals surface area contributed by atoms with Gasteiger partial charge in [-0.1, -0.05) is 60.5 Å². The number of nitrogens with one attached hydrogen (secondary N) is 1. The second-order valence-electron chi connectivity index (χ2n) is 7.99. The van der Waals surface area contributed by atoms with Crippen molar-refractivity contribution in [2.45, 2.75) is 49.6 Å². The van der Waals surface area contributed by atoms with E-state index in [9.17, 15) is 8.42 Å². The number of ether oxygens (including phenoxy) is 1. The largest absolute Gasteiger partial charge is 0.488 e. The topological polar surface area (TPSA) is 55.4 Å². The number of hydrogen-bond acceptors (Lipinski definition) is 3. The summed E-state index contributed by atoms with van der Waals surface area (Å²) in [5.41, 5.74) is 3.26. The maximum absolute atomic E-state index is 12.9. The molecular weight excluding hydrogens is 474 g/mol. The minimum absolute atomic E-state index is 0.215. The molecule has 1 fully saturated rings. The molecule has 0 amide bonds. The smallest absolute Gasteiger partial charge is 0.240 e. The monoisotopic (exact) mass is 499 g/mol. The van der Waals surface area contributed by atoms with Gasteiger partial charge in [-0.2, -0.15) is 0 Å². The Morgan fingerprint density at radius 3 is 2.32 bits per heavy atom. The second kappa shape index (κ2) is 9.55. The number of benzene rings is 3. The van der Waals surface area contributed by atoms with Crippen molar-refractivity contribution in [3.05, 3.63) is 82.8 Å². The molecule has 0 aliphatic heterocycles. The second-order valence-corrected chi connectivity index (χ2v) is 10.6. The van der Waals surface area contributed by atoms with Crippen LogP contribution >= 0.6 is 15.9 Å². The highest BCUT2D eigenvalue weighted by Gasteiger charge is 2.31. The van der Waals surface area contributed by atoms with Crippen LogP contribution in [0.4, 0.5) is 0 Å². The van der Waals surface area contributed by atoms with Gasteiger partial charge in [0.25, 0.3) is 0 Å². The predicted molar refractivity (Wildman–Crippen MR) is 128 cm³/mol. The van der Waals surface area contributed by atoms with Gasteiger partial charge in [0.2, 0.25) is 10.0 Å². The molecular formula is C25H26BrNO3S. The van der Waals surface area contributed by atoms with Crippen molar-refractivity contribution in [3.8, 4) is 16.9 Å². The zero-order valence-corrected chi connectivity index (χ0v) is 19.8. The van der Waals surface area contributed by atoms with Gasteiger partial charge in [-0.3, -0.25) is 0 Å². The van der Waals surface area contributed by atoms with Gasteiger partial charge in [0.15, 0.2) is 0 Å². The highest BCUT2D eigenvalue weighted by molar-refractivity contribution is 9.10. The Hall–Kier alpha value is -2.15. The van der Waals surface area contributed by atoms with Gasteiger partial charge < -0.3 is 4.74 Å². The standard InChI is InChI=1S/C25H26BrNO3S/c1-18-11-14-21(15-12-18)31(28,29)27-23-9-5-6-10-25(23)30-24-16-13-20(17-22(24)26)19-7-3-2-4-8-19/h2-4,7-8,11-17,23,25,27H,5-6,9-10H2,1H3/t23-,25-/m1/s1. The highest BCUT2D eigenvalue weighted by atomic mass is 79.9. The summed E-state index contributed by atoms with van der Waals surface area (Å²) in [6.07, 6.45) is 3.36. The van der Waals surface area contributed by atoms with Crippen LogP contribution in [0.3, 0.4) is 0 Å². The zero-order valence-electron chi connectivity index (χ0n) is 17.4. The summed E-state index contributed by atoms with van der Waals surface area (Å²) in [6, 6.07) is 22.8. The number of sulfonamides is 1. The first kappa shape index (κ1) is 22.1. The van der Waals surface area contributed by atoms with Crippen molar-refractivity contribution in [3.63, 3.8) is 0 Å². The van der Waals surface area contributed by atoms with Gasteiger partial charge in [0.05, 0.1) is 15.4 Å². The van der Waals surface area contributed by atoms with Crippen molar-refractivity contribution in [1.82, 2.24) is 4.72 Å². The fourth-order valence-electron chi connectivity index (χ4n) is 3.93. The average molecular weight is 500 g/mol. The molecule has 2 atom stereocenters.